The highest BCUT2D eigenvalue weighted by molar-refractivity contribution is 5.88. The Morgan fingerprint density at radius 1 is 0.388 bits per heavy atom. The Hall–Kier alpha value is -2.12. The molecule has 4 aliphatic heterocycles. The molecule has 9 unspecified atom stereocenters. The van der Waals surface area contributed by atoms with Crippen LogP contribution in [0.1, 0.15) is 126 Å². The summed E-state index contributed by atoms with van der Waals surface area (Å²) >= 11 is 0. The van der Waals surface area contributed by atoms with Gasteiger partial charge in [-0.2, -0.15) is 0 Å². The third kappa shape index (κ3) is 9.22. The summed E-state index contributed by atoms with van der Waals surface area (Å²) in [6.45, 7) is 23.6. The number of hydrogen-bond donors (Lipinski definition) is 0. The Labute approximate surface area is 299 Å². The second kappa shape index (κ2) is 18.4. The molecule has 0 aromatic heterocycles. The molecule has 4 amide bonds. The molecule has 9 atom stereocenters. The molecule has 0 aromatic carbocycles. The molecule has 280 valence electrons. The first-order valence-electron chi connectivity index (χ1n) is 20.7. The molecule has 4 aliphatic rings. The van der Waals surface area contributed by atoms with Gasteiger partial charge in [0.05, 0.1) is 5.92 Å². The van der Waals surface area contributed by atoms with Gasteiger partial charge >= 0.3 is 0 Å². The lowest BCUT2D eigenvalue weighted by molar-refractivity contribution is -0.145. The van der Waals surface area contributed by atoms with Crippen molar-refractivity contribution in [2.75, 3.05) is 52.4 Å². The van der Waals surface area contributed by atoms with Crippen LogP contribution < -0.4 is 0 Å². The number of carbonyl (C=O) groups is 4. The summed E-state index contributed by atoms with van der Waals surface area (Å²) in [5.41, 5.74) is 0. The summed E-state index contributed by atoms with van der Waals surface area (Å²) in [7, 11) is 0. The molecule has 0 bridgehead atoms. The number of amides is 4. The minimum atomic E-state index is -0.674. The third-order valence-corrected chi connectivity index (χ3v) is 14.0. The number of nitrogens with zero attached hydrogens (tertiary/aromatic N) is 4. The van der Waals surface area contributed by atoms with Gasteiger partial charge in [-0.3, -0.25) is 19.2 Å². The minimum absolute atomic E-state index is 0.00906. The number of carbonyl (C=O) groups excluding carboxylic acids is 4. The van der Waals surface area contributed by atoms with E-state index in [0.29, 0.717) is 60.4 Å². The maximum absolute atomic E-state index is 14.8. The second-order valence-corrected chi connectivity index (χ2v) is 16.5. The zero-order valence-corrected chi connectivity index (χ0v) is 32.6. The lowest BCUT2D eigenvalue weighted by Crippen LogP contribution is -2.44. The van der Waals surface area contributed by atoms with Gasteiger partial charge in [0, 0.05) is 71.6 Å². The lowest BCUT2D eigenvalue weighted by atomic mass is 9.82. The minimum Gasteiger partial charge on any atom is -0.342 e. The standard InChI is InChI=1S/C41H72N4O4/c1-9-28-20-42(21-29(28)10-2)38(46)17-36(18-39(47)43-22-30(11-3)31(12-4)23-43)37(41(49)45-26-34(15-7)35(16-8)27-45)19-40(48)44-24-32(13-5)33(14-6)25-44/h28-37H,9-27H2,1-8H3. The summed E-state index contributed by atoms with van der Waals surface area (Å²) in [5.74, 6) is 2.77. The molecule has 49 heavy (non-hydrogen) atoms. The fourth-order valence-corrected chi connectivity index (χ4v) is 10.3. The van der Waals surface area contributed by atoms with Crippen molar-refractivity contribution in [2.45, 2.75) is 126 Å². The molecule has 0 spiro atoms. The fraction of sp³-hybridized carbons (Fsp3) is 0.902. The first-order valence-corrected chi connectivity index (χ1v) is 20.7. The van der Waals surface area contributed by atoms with Crippen molar-refractivity contribution >= 4 is 23.6 Å². The van der Waals surface area contributed by atoms with Crippen LogP contribution in [0.2, 0.25) is 0 Å². The Balaban J connectivity index is 1.65. The van der Waals surface area contributed by atoms with Crippen LogP contribution in [0, 0.1) is 59.2 Å². The van der Waals surface area contributed by atoms with Gasteiger partial charge in [-0.25, -0.2) is 0 Å². The highest BCUT2D eigenvalue weighted by atomic mass is 16.2. The molecule has 0 aromatic rings. The fourth-order valence-electron chi connectivity index (χ4n) is 10.3. The SMILES string of the molecule is CCC1CN(C(=O)CC(CC(=O)N2CC(CC)C(CC)C2)C(CC(=O)N2CC(CC)C(CC)C2)C(=O)N2CC(CC)C(CC)C2)CC1CC. The van der Waals surface area contributed by atoms with Crippen molar-refractivity contribution in [2.24, 2.45) is 59.2 Å². The van der Waals surface area contributed by atoms with E-state index in [-0.39, 0.29) is 42.9 Å². The van der Waals surface area contributed by atoms with E-state index in [1.165, 1.54) is 0 Å². The van der Waals surface area contributed by atoms with E-state index in [1.54, 1.807) is 0 Å². The molecular weight excluding hydrogens is 612 g/mol. The Bertz CT molecular complexity index is 1020. The van der Waals surface area contributed by atoms with Gasteiger partial charge in [0.2, 0.25) is 23.6 Å². The smallest absolute Gasteiger partial charge is 0.226 e. The van der Waals surface area contributed by atoms with Gasteiger partial charge < -0.3 is 19.6 Å². The van der Waals surface area contributed by atoms with Crippen LogP contribution in [0.3, 0.4) is 0 Å². The van der Waals surface area contributed by atoms with E-state index in [1.807, 2.05) is 19.6 Å². The van der Waals surface area contributed by atoms with Crippen molar-refractivity contribution in [1.82, 2.24) is 19.6 Å². The van der Waals surface area contributed by atoms with Gasteiger partial charge in [0.25, 0.3) is 0 Å². The van der Waals surface area contributed by atoms with Crippen molar-refractivity contribution in [3.8, 4) is 0 Å². The second-order valence-electron chi connectivity index (χ2n) is 16.5. The number of rotatable bonds is 16. The average molecular weight is 685 g/mol. The van der Waals surface area contributed by atoms with Crippen LogP contribution in [0.4, 0.5) is 0 Å². The number of likely N-dealkylation sites (tertiary alicyclic amines) is 4. The first kappa shape index (κ1) is 39.7. The highest BCUT2D eigenvalue weighted by Gasteiger charge is 2.44. The molecule has 4 fully saturated rings. The van der Waals surface area contributed by atoms with Crippen LogP contribution in [0.5, 0.6) is 0 Å². The average Bonchev–Trinajstić information content (AvgIpc) is 3.92. The van der Waals surface area contributed by atoms with Crippen molar-refractivity contribution in [3.63, 3.8) is 0 Å². The van der Waals surface area contributed by atoms with E-state index < -0.39 is 11.8 Å². The monoisotopic (exact) mass is 685 g/mol. The number of hydrogen-bond acceptors (Lipinski definition) is 4. The van der Waals surface area contributed by atoms with Gasteiger partial charge in [-0.1, -0.05) is 107 Å². The quantitative estimate of drug-likeness (QED) is 0.176. The zero-order chi connectivity index (χ0) is 35.8. The van der Waals surface area contributed by atoms with Crippen LogP contribution in [0.15, 0.2) is 0 Å². The summed E-state index contributed by atoms with van der Waals surface area (Å²) < 4.78 is 0. The molecule has 8 nitrogen and oxygen atoms in total. The topological polar surface area (TPSA) is 81.2 Å². The lowest BCUT2D eigenvalue weighted by Gasteiger charge is -2.32. The Kier molecular flexibility index (Phi) is 14.9. The van der Waals surface area contributed by atoms with E-state index >= 15 is 0 Å². The van der Waals surface area contributed by atoms with E-state index in [2.05, 4.69) is 55.4 Å². The van der Waals surface area contributed by atoms with Gasteiger partial charge in [0.15, 0.2) is 0 Å². The predicted octanol–water partition coefficient (Wildman–Crippen LogP) is 6.97. The zero-order valence-electron chi connectivity index (χ0n) is 32.6. The van der Waals surface area contributed by atoms with E-state index in [0.717, 1.165) is 90.6 Å². The van der Waals surface area contributed by atoms with Crippen molar-refractivity contribution in [1.29, 1.82) is 0 Å². The Morgan fingerprint density at radius 3 is 0.857 bits per heavy atom. The van der Waals surface area contributed by atoms with Crippen LogP contribution >= 0.6 is 0 Å². The summed E-state index contributed by atoms with van der Waals surface area (Å²) in [5, 5.41) is 0. The normalized spacial score (nSPS) is 31.5. The summed E-state index contributed by atoms with van der Waals surface area (Å²) in [6, 6.07) is 0. The van der Waals surface area contributed by atoms with E-state index in [4.69, 9.17) is 0 Å². The van der Waals surface area contributed by atoms with Crippen LogP contribution in [-0.2, 0) is 19.2 Å². The molecule has 0 radical (unpaired) electrons. The molecule has 8 heteroatoms. The molecule has 4 heterocycles. The molecule has 0 aliphatic carbocycles. The Morgan fingerprint density at radius 2 is 0.612 bits per heavy atom. The maximum atomic E-state index is 14.8. The molecule has 0 N–H and O–H groups in total. The largest absolute Gasteiger partial charge is 0.342 e. The molecule has 0 saturated carbocycles. The maximum Gasteiger partial charge on any atom is 0.226 e. The molecule has 4 saturated heterocycles. The molecule has 4 rings (SSSR count). The first-order chi connectivity index (χ1) is 23.5. The van der Waals surface area contributed by atoms with E-state index in [9.17, 15) is 19.2 Å². The predicted molar refractivity (Wildman–Crippen MR) is 197 cm³/mol. The van der Waals surface area contributed by atoms with Gasteiger partial charge in [-0.05, 0) is 53.3 Å². The van der Waals surface area contributed by atoms with Gasteiger partial charge in [0.1, 0.15) is 0 Å². The van der Waals surface area contributed by atoms with Crippen LogP contribution in [0.25, 0.3) is 0 Å². The summed E-state index contributed by atoms with van der Waals surface area (Å²) in [4.78, 5) is 65.5. The van der Waals surface area contributed by atoms with Gasteiger partial charge in [-0.15, -0.1) is 0 Å². The van der Waals surface area contributed by atoms with Crippen LogP contribution in [-0.4, -0.2) is 95.6 Å². The third-order valence-electron chi connectivity index (χ3n) is 14.0. The van der Waals surface area contributed by atoms with Crippen molar-refractivity contribution in [3.05, 3.63) is 0 Å². The summed E-state index contributed by atoms with van der Waals surface area (Å²) in [6.07, 6.45) is 8.72. The van der Waals surface area contributed by atoms with Crippen molar-refractivity contribution < 1.29 is 19.2 Å². The highest BCUT2D eigenvalue weighted by Crippen LogP contribution is 2.37. The molecular formula is C41H72N4O4.